The Morgan fingerprint density at radius 3 is 2.67 bits per heavy atom. The first-order chi connectivity index (χ1) is 14.1. The summed E-state index contributed by atoms with van der Waals surface area (Å²) in [5.74, 6) is -1.80. The van der Waals surface area contributed by atoms with E-state index >= 15 is 0 Å². The van der Waals surface area contributed by atoms with Gasteiger partial charge in [-0.3, -0.25) is 0 Å². The van der Waals surface area contributed by atoms with Gasteiger partial charge in [0.25, 0.3) is 0 Å². The number of carboxylic acid groups (broad SMARTS) is 1. The van der Waals surface area contributed by atoms with Gasteiger partial charge < -0.3 is 14.6 Å². The van der Waals surface area contributed by atoms with Gasteiger partial charge in [0, 0.05) is 11.1 Å². The van der Waals surface area contributed by atoms with E-state index in [9.17, 15) is 22.8 Å². The quantitative estimate of drug-likeness (QED) is 0.710. The maximum atomic E-state index is 13.0. The predicted octanol–water partition coefficient (Wildman–Crippen LogP) is 3.43. The molecule has 160 valence electrons. The van der Waals surface area contributed by atoms with Crippen LogP contribution >= 0.6 is 0 Å². The fraction of sp³-hybridized carbons (Fsp3) is 0.400. The molecule has 1 aliphatic rings. The Labute approximate surface area is 169 Å². The summed E-state index contributed by atoms with van der Waals surface area (Å²) in [6.45, 7) is 0.802. The highest BCUT2D eigenvalue weighted by molar-refractivity contribution is 5.72. The SMILES string of the molecule is CC1Cc2nnc(-c3cccc(C(F)(F)F)c3)cc2C(OC(=O)COCC(=O)O)C1. The van der Waals surface area contributed by atoms with E-state index in [0.717, 1.165) is 12.1 Å². The lowest BCUT2D eigenvalue weighted by Gasteiger charge is -2.28. The lowest BCUT2D eigenvalue weighted by Crippen LogP contribution is -2.25. The zero-order chi connectivity index (χ0) is 21.9. The molecular formula is C20H19F3N2O5. The van der Waals surface area contributed by atoms with Crippen molar-refractivity contribution in [1.82, 2.24) is 10.2 Å². The number of nitrogens with zero attached hydrogens (tertiary/aromatic N) is 2. The number of fused-ring (bicyclic) bond motifs is 1. The van der Waals surface area contributed by atoms with Crippen LogP contribution < -0.4 is 0 Å². The normalized spacial score (nSPS) is 18.5. The molecule has 0 bridgehead atoms. The Balaban J connectivity index is 1.84. The van der Waals surface area contributed by atoms with E-state index in [-0.39, 0.29) is 17.2 Å². The molecule has 30 heavy (non-hydrogen) atoms. The number of rotatable bonds is 6. The number of hydrogen-bond acceptors (Lipinski definition) is 6. The van der Waals surface area contributed by atoms with Gasteiger partial charge >= 0.3 is 18.1 Å². The number of hydrogen-bond donors (Lipinski definition) is 1. The summed E-state index contributed by atoms with van der Waals surface area (Å²) in [6, 6.07) is 6.33. The molecule has 0 amide bonds. The van der Waals surface area contributed by atoms with Gasteiger partial charge in [0.2, 0.25) is 0 Å². The maximum absolute atomic E-state index is 13.0. The van der Waals surface area contributed by atoms with Crippen molar-refractivity contribution in [1.29, 1.82) is 0 Å². The van der Waals surface area contributed by atoms with Crippen LogP contribution in [0.15, 0.2) is 30.3 Å². The molecule has 0 aliphatic heterocycles. The van der Waals surface area contributed by atoms with Gasteiger partial charge in [0.1, 0.15) is 19.3 Å². The molecule has 0 radical (unpaired) electrons. The largest absolute Gasteiger partial charge is 0.480 e. The molecule has 1 heterocycles. The van der Waals surface area contributed by atoms with Crippen LogP contribution in [0.25, 0.3) is 11.3 Å². The minimum atomic E-state index is -4.49. The monoisotopic (exact) mass is 424 g/mol. The number of esters is 1. The predicted molar refractivity (Wildman–Crippen MR) is 97.2 cm³/mol. The summed E-state index contributed by atoms with van der Waals surface area (Å²) in [5.41, 5.74) is 0.855. The second kappa shape index (κ2) is 8.78. The molecule has 2 atom stereocenters. The van der Waals surface area contributed by atoms with Crippen molar-refractivity contribution in [3.05, 3.63) is 47.2 Å². The third-order valence-corrected chi connectivity index (χ3v) is 4.61. The average Bonchev–Trinajstić information content (AvgIpc) is 2.66. The molecule has 3 rings (SSSR count). The minimum Gasteiger partial charge on any atom is -0.480 e. The maximum Gasteiger partial charge on any atom is 0.416 e. The highest BCUT2D eigenvalue weighted by Gasteiger charge is 2.32. The fourth-order valence-corrected chi connectivity index (χ4v) is 3.30. The molecular weight excluding hydrogens is 405 g/mol. The van der Waals surface area contributed by atoms with Crippen LogP contribution in [0.3, 0.4) is 0 Å². The average molecular weight is 424 g/mol. The molecule has 0 spiro atoms. The summed E-state index contributed by atoms with van der Waals surface area (Å²) in [4.78, 5) is 22.5. The third kappa shape index (κ3) is 5.32. The molecule has 0 fully saturated rings. The molecule has 2 unspecified atom stereocenters. The first-order valence-corrected chi connectivity index (χ1v) is 9.16. The van der Waals surface area contributed by atoms with Crippen molar-refractivity contribution in [2.75, 3.05) is 13.2 Å². The molecule has 1 N–H and O–H groups in total. The number of carboxylic acids is 1. The number of alkyl halides is 3. The van der Waals surface area contributed by atoms with Gasteiger partial charge in [-0.1, -0.05) is 19.1 Å². The van der Waals surface area contributed by atoms with Crippen LogP contribution in [-0.4, -0.2) is 40.5 Å². The zero-order valence-electron chi connectivity index (χ0n) is 16.0. The van der Waals surface area contributed by atoms with E-state index in [4.69, 9.17) is 14.6 Å². The van der Waals surface area contributed by atoms with E-state index in [1.165, 1.54) is 12.1 Å². The zero-order valence-corrected chi connectivity index (χ0v) is 16.0. The molecule has 0 saturated heterocycles. The van der Waals surface area contributed by atoms with Crippen molar-refractivity contribution in [3.8, 4) is 11.3 Å². The van der Waals surface area contributed by atoms with E-state index in [0.29, 0.717) is 24.1 Å². The van der Waals surface area contributed by atoms with Crippen molar-refractivity contribution >= 4 is 11.9 Å². The minimum absolute atomic E-state index is 0.143. The highest BCUT2D eigenvalue weighted by Crippen LogP contribution is 2.37. The first-order valence-electron chi connectivity index (χ1n) is 9.16. The molecule has 1 aromatic carbocycles. The third-order valence-electron chi connectivity index (χ3n) is 4.61. The number of carbonyl (C=O) groups is 2. The van der Waals surface area contributed by atoms with Crippen molar-refractivity contribution in [3.63, 3.8) is 0 Å². The Hall–Kier alpha value is -3.01. The lowest BCUT2D eigenvalue weighted by atomic mass is 9.85. The summed E-state index contributed by atoms with van der Waals surface area (Å²) < 4.78 is 49.2. The number of benzene rings is 1. The van der Waals surface area contributed by atoms with Crippen molar-refractivity contribution in [2.45, 2.75) is 32.0 Å². The van der Waals surface area contributed by atoms with Crippen molar-refractivity contribution < 1.29 is 37.3 Å². The first kappa shape index (κ1) is 21.7. The Morgan fingerprint density at radius 1 is 1.20 bits per heavy atom. The van der Waals surface area contributed by atoms with Gasteiger partial charge in [-0.05, 0) is 37.0 Å². The van der Waals surface area contributed by atoms with Crippen LogP contribution in [0.4, 0.5) is 13.2 Å². The van der Waals surface area contributed by atoms with Crippen LogP contribution in [0.2, 0.25) is 0 Å². The summed E-state index contributed by atoms with van der Waals surface area (Å²) in [7, 11) is 0. The molecule has 7 nitrogen and oxygen atoms in total. The van der Waals surface area contributed by atoms with E-state index in [1.807, 2.05) is 6.92 Å². The number of carbonyl (C=O) groups excluding carboxylic acids is 1. The summed E-state index contributed by atoms with van der Waals surface area (Å²) in [5, 5.41) is 16.8. The van der Waals surface area contributed by atoms with Gasteiger partial charge in [-0.25, -0.2) is 9.59 Å². The molecule has 1 aromatic heterocycles. The second-order valence-electron chi connectivity index (χ2n) is 7.12. The van der Waals surface area contributed by atoms with Crippen LogP contribution in [0.1, 0.15) is 36.3 Å². The number of aromatic nitrogens is 2. The second-order valence-corrected chi connectivity index (χ2v) is 7.12. The van der Waals surface area contributed by atoms with Crippen LogP contribution in [0.5, 0.6) is 0 Å². The molecule has 1 aliphatic carbocycles. The highest BCUT2D eigenvalue weighted by atomic mass is 19.4. The van der Waals surface area contributed by atoms with Gasteiger partial charge in [-0.2, -0.15) is 23.4 Å². The molecule has 10 heteroatoms. The number of halogens is 3. The van der Waals surface area contributed by atoms with Crippen LogP contribution in [-0.2, 0) is 31.7 Å². The standard InChI is InChI=1S/C20H19F3N2O5/c1-11-5-16-14(17(6-11)30-19(28)10-29-9-18(26)27)8-15(24-25-16)12-3-2-4-13(7-12)20(21,22)23/h2-4,7-8,11,17H,5-6,9-10H2,1H3,(H,26,27). The number of aliphatic carboxylic acids is 1. The number of ether oxygens (including phenoxy) is 2. The summed E-state index contributed by atoms with van der Waals surface area (Å²) >= 11 is 0. The fourth-order valence-electron chi connectivity index (χ4n) is 3.30. The van der Waals surface area contributed by atoms with E-state index < -0.39 is 43.0 Å². The van der Waals surface area contributed by atoms with Gasteiger partial charge in [0.05, 0.1) is 17.0 Å². The van der Waals surface area contributed by atoms with Gasteiger partial charge in [0.15, 0.2) is 0 Å². The molecule has 0 saturated carbocycles. The summed E-state index contributed by atoms with van der Waals surface area (Å²) in [6.07, 6.45) is -4.08. The van der Waals surface area contributed by atoms with Crippen LogP contribution in [0, 0.1) is 5.92 Å². The smallest absolute Gasteiger partial charge is 0.416 e. The van der Waals surface area contributed by atoms with E-state index in [1.54, 1.807) is 6.07 Å². The Bertz CT molecular complexity index is 948. The Morgan fingerprint density at radius 2 is 1.97 bits per heavy atom. The lowest BCUT2D eigenvalue weighted by molar-refractivity contribution is -0.158. The topological polar surface area (TPSA) is 98.6 Å². The molecule has 2 aromatic rings. The van der Waals surface area contributed by atoms with E-state index in [2.05, 4.69) is 10.2 Å². The van der Waals surface area contributed by atoms with Gasteiger partial charge in [-0.15, -0.1) is 0 Å². The van der Waals surface area contributed by atoms with Crippen molar-refractivity contribution in [2.24, 2.45) is 5.92 Å². The Kier molecular flexibility index (Phi) is 6.35.